The zero-order chi connectivity index (χ0) is 18.1. The van der Waals surface area contributed by atoms with Gasteiger partial charge in [-0.05, 0) is 12.1 Å². The first-order valence-corrected chi connectivity index (χ1v) is 9.68. The average Bonchev–Trinajstić information content (AvgIpc) is 3.29. The molecule has 1 fully saturated rings. The zero-order valence-corrected chi connectivity index (χ0v) is 16.0. The van der Waals surface area contributed by atoms with Gasteiger partial charge in [-0.15, -0.1) is 12.4 Å². The van der Waals surface area contributed by atoms with Crippen LogP contribution in [0.15, 0.2) is 33.9 Å². The summed E-state index contributed by atoms with van der Waals surface area (Å²) < 4.78 is 32.4. The number of aromatic nitrogens is 4. The Morgan fingerprint density at radius 3 is 2.74 bits per heavy atom. The normalized spacial score (nSPS) is 16.5. The lowest BCUT2D eigenvalue weighted by molar-refractivity contribution is 0.176. The van der Waals surface area contributed by atoms with E-state index in [1.165, 1.54) is 10.5 Å². The minimum absolute atomic E-state index is 0. The van der Waals surface area contributed by atoms with Crippen molar-refractivity contribution in [2.75, 3.05) is 26.2 Å². The van der Waals surface area contributed by atoms with Gasteiger partial charge >= 0.3 is 0 Å². The summed E-state index contributed by atoms with van der Waals surface area (Å²) in [5, 5.41) is 4.48. The molecule has 1 aliphatic heterocycles. The molecular formula is C15H20ClN7O3S. The van der Waals surface area contributed by atoms with Crippen molar-refractivity contribution in [2.24, 2.45) is 5.73 Å². The summed E-state index contributed by atoms with van der Waals surface area (Å²) >= 11 is 0. The maximum atomic E-state index is 13.0. The quantitative estimate of drug-likeness (QED) is 0.611. The first kappa shape index (κ1) is 19.7. The van der Waals surface area contributed by atoms with Gasteiger partial charge in [-0.2, -0.15) is 9.29 Å². The molecule has 4 rings (SSSR count). The molecule has 3 aromatic rings. The SMILES string of the molecule is Cl.NCc1nc(CN2CCN(S(=O)(=O)c3c[nH]c4ncccc34)CC2)no1. The molecule has 3 aromatic heterocycles. The van der Waals surface area contributed by atoms with Crippen LogP contribution in [0.3, 0.4) is 0 Å². The van der Waals surface area contributed by atoms with Crippen molar-refractivity contribution in [3.63, 3.8) is 0 Å². The maximum absolute atomic E-state index is 13.0. The van der Waals surface area contributed by atoms with Gasteiger partial charge in [0.05, 0.1) is 13.1 Å². The average molecular weight is 414 g/mol. The van der Waals surface area contributed by atoms with Gasteiger partial charge in [0.1, 0.15) is 10.5 Å². The number of nitrogens with two attached hydrogens (primary N) is 1. The summed E-state index contributed by atoms with van der Waals surface area (Å²) in [4.78, 5) is 13.6. The number of halogens is 1. The fourth-order valence-electron chi connectivity index (χ4n) is 3.05. The van der Waals surface area contributed by atoms with Gasteiger partial charge in [-0.3, -0.25) is 4.90 Å². The lowest BCUT2D eigenvalue weighted by atomic mass is 10.3. The van der Waals surface area contributed by atoms with E-state index < -0.39 is 10.0 Å². The number of hydrogen-bond donors (Lipinski definition) is 2. The molecule has 0 bridgehead atoms. The van der Waals surface area contributed by atoms with Crippen LogP contribution in [0.4, 0.5) is 0 Å². The maximum Gasteiger partial charge on any atom is 0.245 e. The van der Waals surface area contributed by atoms with Crippen LogP contribution in [0.1, 0.15) is 11.7 Å². The van der Waals surface area contributed by atoms with E-state index in [4.69, 9.17) is 10.3 Å². The summed E-state index contributed by atoms with van der Waals surface area (Å²) in [6.45, 7) is 2.69. The fourth-order valence-corrected chi connectivity index (χ4v) is 4.62. The molecule has 1 saturated heterocycles. The van der Waals surface area contributed by atoms with Crippen LogP contribution in [0.25, 0.3) is 11.0 Å². The van der Waals surface area contributed by atoms with Crippen molar-refractivity contribution in [2.45, 2.75) is 18.0 Å². The first-order valence-electron chi connectivity index (χ1n) is 8.24. The van der Waals surface area contributed by atoms with Crippen LogP contribution in [-0.2, 0) is 23.1 Å². The Kier molecular flexibility index (Phi) is 5.77. The standard InChI is InChI=1S/C15H19N7O3S.ClH/c16-8-14-19-13(20-25-14)10-21-4-6-22(7-5-21)26(23,24)12-9-18-15-11(12)2-1-3-17-15;/h1-3,9H,4-8,10,16H2,(H,17,18);1H. The number of rotatable bonds is 5. The molecule has 4 heterocycles. The van der Waals surface area contributed by atoms with Crippen LogP contribution >= 0.6 is 12.4 Å². The summed E-state index contributed by atoms with van der Waals surface area (Å²) in [6.07, 6.45) is 3.13. The predicted molar refractivity (Wildman–Crippen MR) is 99.6 cm³/mol. The molecule has 0 radical (unpaired) electrons. The van der Waals surface area contributed by atoms with Crippen molar-refractivity contribution >= 4 is 33.5 Å². The van der Waals surface area contributed by atoms with E-state index in [0.29, 0.717) is 55.5 Å². The Balaban J connectivity index is 0.00000210. The summed E-state index contributed by atoms with van der Waals surface area (Å²) in [7, 11) is -3.57. The van der Waals surface area contributed by atoms with Crippen LogP contribution in [0.2, 0.25) is 0 Å². The van der Waals surface area contributed by atoms with E-state index in [9.17, 15) is 8.42 Å². The Bertz CT molecular complexity index is 1010. The molecule has 0 aliphatic carbocycles. The Morgan fingerprint density at radius 1 is 1.26 bits per heavy atom. The van der Waals surface area contributed by atoms with E-state index in [1.54, 1.807) is 18.3 Å². The molecule has 0 spiro atoms. The van der Waals surface area contributed by atoms with Gasteiger partial charge in [0, 0.05) is 44.0 Å². The van der Waals surface area contributed by atoms with Crippen LogP contribution in [-0.4, -0.2) is 63.9 Å². The van der Waals surface area contributed by atoms with Crippen molar-refractivity contribution < 1.29 is 12.9 Å². The lowest BCUT2D eigenvalue weighted by Gasteiger charge is -2.33. The van der Waals surface area contributed by atoms with Gasteiger partial charge in [-0.25, -0.2) is 13.4 Å². The van der Waals surface area contributed by atoms with E-state index in [2.05, 4.69) is 25.0 Å². The smallest absolute Gasteiger partial charge is 0.245 e. The number of sulfonamides is 1. The van der Waals surface area contributed by atoms with Crippen LogP contribution in [0, 0.1) is 0 Å². The topological polar surface area (TPSA) is 134 Å². The third-order valence-corrected chi connectivity index (χ3v) is 6.35. The van der Waals surface area contributed by atoms with E-state index in [1.807, 2.05) is 0 Å². The van der Waals surface area contributed by atoms with Crippen LogP contribution < -0.4 is 5.73 Å². The second-order valence-corrected chi connectivity index (χ2v) is 7.95. The zero-order valence-electron chi connectivity index (χ0n) is 14.4. The highest BCUT2D eigenvalue weighted by atomic mass is 35.5. The number of hydrogen-bond acceptors (Lipinski definition) is 8. The molecule has 12 heteroatoms. The Hall–Kier alpha value is -2.05. The van der Waals surface area contributed by atoms with Gasteiger partial charge in [0.2, 0.25) is 15.9 Å². The number of nitrogens with zero attached hydrogens (tertiary/aromatic N) is 5. The Morgan fingerprint density at radius 2 is 2.04 bits per heavy atom. The number of fused-ring (bicyclic) bond motifs is 1. The number of piperazine rings is 1. The molecule has 10 nitrogen and oxygen atoms in total. The van der Waals surface area contributed by atoms with Gasteiger partial charge in [-0.1, -0.05) is 5.16 Å². The highest BCUT2D eigenvalue weighted by Crippen LogP contribution is 2.25. The first-order chi connectivity index (χ1) is 12.6. The van der Waals surface area contributed by atoms with E-state index in [0.717, 1.165) is 0 Å². The second kappa shape index (κ2) is 7.90. The molecule has 0 saturated carbocycles. The molecule has 0 aromatic carbocycles. The van der Waals surface area contributed by atoms with Crippen molar-refractivity contribution in [3.05, 3.63) is 36.2 Å². The molecule has 0 atom stereocenters. The molecule has 3 N–H and O–H groups in total. The fraction of sp³-hybridized carbons (Fsp3) is 0.400. The summed E-state index contributed by atoms with van der Waals surface area (Å²) in [5.74, 6) is 0.957. The molecule has 0 unspecified atom stereocenters. The second-order valence-electron chi connectivity index (χ2n) is 6.04. The number of H-pyrrole nitrogens is 1. The van der Waals surface area contributed by atoms with Crippen molar-refractivity contribution in [1.29, 1.82) is 0 Å². The molecule has 0 amide bonds. The minimum Gasteiger partial charge on any atom is -0.345 e. The van der Waals surface area contributed by atoms with Crippen LogP contribution in [0.5, 0.6) is 0 Å². The number of aromatic amines is 1. The summed E-state index contributed by atoms with van der Waals surface area (Å²) in [5.41, 5.74) is 6.03. The van der Waals surface area contributed by atoms with Gasteiger partial charge in [0.25, 0.3) is 0 Å². The largest absolute Gasteiger partial charge is 0.345 e. The van der Waals surface area contributed by atoms with E-state index in [-0.39, 0.29) is 23.8 Å². The third kappa shape index (κ3) is 3.82. The van der Waals surface area contributed by atoms with Gasteiger partial charge < -0.3 is 15.2 Å². The highest BCUT2D eigenvalue weighted by molar-refractivity contribution is 7.89. The predicted octanol–water partition coefficient (Wildman–Crippen LogP) is 0.333. The van der Waals surface area contributed by atoms with Crippen molar-refractivity contribution in [1.82, 2.24) is 29.3 Å². The summed E-state index contributed by atoms with van der Waals surface area (Å²) in [6, 6.07) is 3.49. The van der Waals surface area contributed by atoms with Gasteiger partial charge in [0.15, 0.2) is 5.82 Å². The molecule has 27 heavy (non-hydrogen) atoms. The number of nitrogens with one attached hydrogen (secondary N) is 1. The molecule has 146 valence electrons. The minimum atomic E-state index is -3.57. The molecule has 1 aliphatic rings. The number of pyridine rings is 1. The monoisotopic (exact) mass is 413 g/mol. The third-order valence-electron chi connectivity index (χ3n) is 4.41. The lowest BCUT2D eigenvalue weighted by Crippen LogP contribution is -2.48. The Labute approximate surface area is 162 Å². The van der Waals surface area contributed by atoms with E-state index >= 15 is 0 Å². The van der Waals surface area contributed by atoms with Crippen molar-refractivity contribution in [3.8, 4) is 0 Å². The molecular weight excluding hydrogens is 394 g/mol. The highest BCUT2D eigenvalue weighted by Gasteiger charge is 2.31.